The molecule has 0 atom stereocenters. The van der Waals surface area contributed by atoms with Crippen LogP contribution in [-0.4, -0.2) is 5.71 Å². The summed E-state index contributed by atoms with van der Waals surface area (Å²) in [5, 5.41) is 10.8. The van der Waals surface area contributed by atoms with Crippen LogP contribution in [0.15, 0.2) is 100 Å². The van der Waals surface area contributed by atoms with E-state index < -0.39 is 0 Å². The lowest BCUT2D eigenvalue weighted by Gasteiger charge is -2.04. The normalized spacial score (nSPS) is 11.5. The van der Waals surface area contributed by atoms with Crippen LogP contribution in [0, 0.1) is 17.1 Å². The van der Waals surface area contributed by atoms with Crippen LogP contribution < -0.4 is 0 Å². The number of aliphatic imine (C=N–C) groups is 1. The summed E-state index contributed by atoms with van der Waals surface area (Å²) in [6.45, 7) is 0. The molecule has 0 aromatic heterocycles. The monoisotopic (exact) mass is 358 g/mol. The van der Waals surface area contributed by atoms with Gasteiger partial charge < -0.3 is 0 Å². The predicted octanol–water partition coefficient (Wildman–Crippen LogP) is 6.12. The molecule has 3 aromatic rings. The van der Waals surface area contributed by atoms with Gasteiger partial charge >= 0.3 is 0 Å². The molecular weight excluding hydrogens is 343 g/mol. The minimum Gasteiger partial charge on any atom is -0.248 e. The van der Waals surface area contributed by atoms with E-state index in [9.17, 15) is 4.39 Å². The smallest absolute Gasteiger partial charge is 0.132 e. The van der Waals surface area contributed by atoms with Gasteiger partial charge in [0.05, 0.1) is 23.0 Å². The van der Waals surface area contributed by atoms with Crippen molar-refractivity contribution < 1.29 is 4.39 Å². The predicted molar refractivity (Wildman–Crippen MR) is 105 cm³/mol. The van der Waals surface area contributed by atoms with E-state index in [4.69, 9.17) is 5.26 Å². The largest absolute Gasteiger partial charge is 0.248 e. The number of nitriles is 1. The van der Waals surface area contributed by atoms with Gasteiger partial charge in [-0.05, 0) is 60.0 Å². The van der Waals surface area contributed by atoms with E-state index in [1.165, 1.54) is 17.8 Å². The summed E-state index contributed by atoms with van der Waals surface area (Å²) in [5.41, 5.74) is 2.18. The summed E-state index contributed by atoms with van der Waals surface area (Å²) in [4.78, 5) is 5.66. The maximum atomic E-state index is 14.2. The molecule has 0 heterocycles. The molecule has 0 amide bonds. The Hall–Kier alpha value is -3.16. The second-order valence-electron chi connectivity index (χ2n) is 5.37. The number of benzene rings is 3. The summed E-state index contributed by atoms with van der Waals surface area (Å²) >= 11 is 1.54. The topological polar surface area (TPSA) is 36.1 Å². The number of halogens is 1. The minimum absolute atomic E-state index is 0.325. The highest BCUT2D eigenvalue weighted by Gasteiger charge is 2.07. The SMILES string of the molecule is N#Cc1ccc(N=C(C=CSc2ccccc2)c2ccccc2F)cc1. The minimum atomic E-state index is -0.325. The van der Waals surface area contributed by atoms with Gasteiger partial charge in [0.15, 0.2) is 0 Å². The zero-order valence-corrected chi connectivity index (χ0v) is 14.7. The quantitative estimate of drug-likeness (QED) is 0.407. The van der Waals surface area contributed by atoms with E-state index in [2.05, 4.69) is 11.1 Å². The highest BCUT2D eigenvalue weighted by molar-refractivity contribution is 8.02. The van der Waals surface area contributed by atoms with Crippen molar-refractivity contribution in [1.29, 1.82) is 5.26 Å². The fourth-order valence-corrected chi connectivity index (χ4v) is 2.95. The highest BCUT2D eigenvalue weighted by atomic mass is 32.2. The van der Waals surface area contributed by atoms with Crippen LogP contribution in [0.5, 0.6) is 0 Å². The van der Waals surface area contributed by atoms with Crippen molar-refractivity contribution in [2.75, 3.05) is 0 Å². The molecule has 3 aromatic carbocycles. The molecule has 0 saturated carbocycles. The first kappa shape index (κ1) is 17.7. The molecule has 0 spiro atoms. The van der Waals surface area contributed by atoms with Crippen molar-refractivity contribution in [3.8, 4) is 6.07 Å². The third-order valence-electron chi connectivity index (χ3n) is 3.57. The first-order valence-corrected chi connectivity index (χ1v) is 8.86. The second kappa shape index (κ2) is 8.80. The molecule has 0 saturated heterocycles. The van der Waals surface area contributed by atoms with Crippen molar-refractivity contribution in [1.82, 2.24) is 0 Å². The van der Waals surface area contributed by atoms with Crippen LogP contribution in [0.4, 0.5) is 10.1 Å². The Kier molecular flexibility index (Phi) is 5.97. The van der Waals surface area contributed by atoms with Gasteiger partial charge in [-0.15, -0.1) is 0 Å². The molecule has 0 aliphatic rings. The summed E-state index contributed by atoms with van der Waals surface area (Å²) in [6, 6.07) is 25.4. The average Bonchev–Trinajstić information content (AvgIpc) is 2.69. The molecule has 0 aliphatic heterocycles. The number of hydrogen-bond donors (Lipinski definition) is 0. The van der Waals surface area contributed by atoms with Crippen LogP contribution in [-0.2, 0) is 0 Å². The van der Waals surface area contributed by atoms with Gasteiger partial charge in [-0.1, -0.05) is 42.1 Å². The van der Waals surface area contributed by atoms with Crippen LogP contribution >= 0.6 is 11.8 Å². The average molecular weight is 358 g/mol. The number of nitrogens with zero attached hydrogens (tertiary/aromatic N) is 2. The Bertz CT molecular complexity index is 971. The number of hydrogen-bond acceptors (Lipinski definition) is 3. The van der Waals surface area contributed by atoms with Gasteiger partial charge in [-0.2, -0.15) is 5.26 Å². The lowest BCUT2D eigenvalue weighted by atomic mass is 10.1. The molecule has 0 unspecified atom stereocenters. The van der Waals surface area contributed by atoms with Crippen molar-refractivity contribution in [3.05, 3.63) is 107 Å². The van der Waals surface area contributed by atoms with Crippen molar-refractivity contribution in [2.45, 2.75) is 4.90 Å². The maximum Gasteiger partial charge on any atom is 0.132 e. The van der Waals surface area contributed by atoms with E-state index in [1.54, 1.807) is 48.5 Å². The second-order valence-corrected chi connectivity index (χ2v) is 6.35. The van der Waals surface area contributed by atoms with Crippen LogP contribution in [0.3, 0.4) is 0 Å². The van der Waals surface area contributed by atoms with Crippen molar-refractivity contribution in [3.63, 3.8) is 0 Å². The van der Waals surface area contributed by atoms with E-state index in [0.717, 1.165) is 4.90 Å². The van der Waals surface area contributed by atoms with E-state index in [0.29, 0.717) is 22.5 Å². The molecule has 0 aliphatic carbocycles. The fraction of sp³-hybridized carbons (Fsp3) is 0. The number of allylic oxidation sites excluding steroid dienone is 1. The Labute approximate surface area is 156 Å². The molecule has 0 N–H and O–H groups in total. The fourth-order valence-electron chi connectivity index (χ4n) is 2.28. The Morgan fingerprint density at radius 2 is 1.62 bits per heavy atom. The molecule has 3 rings (SSSR count). The number of thioether (sulfide) groups is 1. The van der Waals surface area contributed by atoms with E-state index >= 15 is 0 Å². The zero-order valence-electron chi connectivity index (χ0n) is 13.8. The van der Waals surface area contributed by atoms with Gasteiger partial charge in [0.2, 0.25) is 0 Å². The van der Waals surface area contributed by atoms with Gasteiger partial charge in [-0.3, -0.25) is 0 Å². The van der Waals surface area contributed by atoms with Gasteiger partial charge in [0, 0.05) is 10.5 Å². The Morgan fingerprint density at radius 3 is 2.31 bits per heavy atom. The summed E-state index contributed by atoms with van der Waals surface area (Å²) in [7, 11) is 0. The van der Waals surface area contributed by atoms with Gasteiger partial charge in [0.1, 0.15) is 5.82 Å². The van der Waals surface area contributed by atoms with Crippen molar-refractivity contribution in [2.24, 2.45) is 4.99 Å². The highest BCUT2D eigenvalue weighted by Crippen LogP contribution is 2.21. The first-order chi connectivity index (χ1) is 12.8. The molecule has 26 heavy (non-hydrogen) atoms. The third kappa shape index (κ3) is 4.69. The van der Waals surface area contributed by atoms with E-state index in [1.807, 2.05) is 35.7 Å². The third-order valence-corrected chi connectivity index (χ3v) is 4.39. The molecule has 4 heteroatoms. The standard InChI is InChI=1S/C22H15FN2S/c23-21-9-5-4-8-20(21)22(14-15-26-19-6-2-1-3-7-19)25-18-12-10-17(16-24)11-13-18/h1-15H. The molecular formula is C22H15FN2S. The van der Waals surface area contributed by atoms with Gasteiger partial charge in [-0.25, -0.2) is 9.38 Å². The Balaban J connectivity index is 1.92. The van der Waals surface area contributed by atoms with Crippen LogP contribution in [0.1, 0.15) is 11.1 Å². The van der Waals surface area contributed by atoms with Gasteiger partial charge in [0.25, 0.3) is 0 Å². The lowest BCUT2D eigenvalue weighted by Crippen LogP contribution is -1.99. The molecule has 2 nitrogen and oxygen atoms in total. The summed E-state index contributed by atoms with van der Waals surface area (Å²) in [5.74, 6) is -0.325. The van der Waals surface area contributed by atoms with Crippen LogP contribution in [0.25, 0.3) is 0 Å². The summed E-state index contributed by atoms with van der Waals surface area (Å²) < 4.78 is 14.2. The molecule has 0 radical (unpaired) electrons. The lowest BCUT2D eigenvalue weighted by molar-refractivity contribution is 0.625. The molecule has 0 bridgehead atoms. The van der Waals surface area contributed by atoms with Crippen molar-refractivity contribution >= 4 is 23.2 Å². The van der Waals surface area contributed by atoms with Crippen LogP contribution in [0.2, 0.25) is 0 Å². The number of rotatable bonds is 5. The summed E-state index contributed by atoms with van der Waals surface area (Å²) in [6.07, 6.45) is 1.80. The zero-order chi connectivity index (χ0) is 18.2. The maximum absolute atomic E-state index is 14.2. The molecule has 0 fully saturated rings. The Morgan fingerprint density at radius 1 is 0.923 bits per heavy atom. The molecule has 126 valence electrons. The first-order valence-electron chi connectivity index (χ1n) is 7.98. The van der Waals surface area contributed by atoms with E-state index in [-0.39, 0.29) is 5.82 Å².